The number of hydrogen-bond acceptors (Lipinski definition) is 3. The summed E-state index contributed by atoms with van der Waals surface area (Å²) in [4.78, 5) is 12.2. The van der Waals surface area contributed by atoms with Crippen molar-refractivity contribution < 1.29 is 9.53 Å². The molecule has 1 aromatic carbocycles. The smallest absolute Gasteiger partial charge is 0.224 e. The number of benzene rings is 1. The van der Waals surface area contributed by atoms with Crippen LogP contribution in [-0.4, -0.2) is 39.3 Å². The first-order valence-electron chi connectivity index (χ1n) is 7.46. The van der Waals surface area contributed by atoms with Crippen LogP contribution in [0.2, 0.25) is 10.0 Å². The molecule has 23 heavy (non-hydrogen) atoms. The number of rotatable bonds is 6. The summed E-state index contributed by atoms with van der Waals surface area (Å²) in [6.45, 7) is 3.18. The van der Waals surface area contributed by atoms with Gasteiger partial charge in [-0.3, -0.25) is 4.79 Å². The molecule has 0 radical (unpaired) electrons. The lowest BCUT2D eigenvalue weighted by molar-refractivity contribution is -0.121. The number of halogens is 3. The Morgan fingerprint density at radius 1 is 1.30 bits per heavy atom. The van der Waals surface area contributed by atoms with E-state index in [0.717, 1.165) is 25.9 Å². The molecule has 1 aromatic rings. The van der Waals surface area contributed by atoms with Gasteiger partial charge in [-0.15, -0.1) is 12.4 Å². The van der Waals surface area contributed by atoms with Gasteiger partial charge in [0, 0.05) is 29.1 Å². The van der Waals surface area contributed by atoms with Crippen LogP contribution in [0.25, 0.3) is 0 Å². The van der Waals surface area contributed by atoms with Crippen LogP contribution in [0, 0.1) is 5.41 Å². The van der Waals surface area contributed by atoms with Crippen LogP contribution in [0.1, 0.15) is 18.4 Å². The average Bonchev–Trinajstić information content (AvgIpc) is 2.50. The quantitative estimate of drug-likeness (QED) is 0.796. The van der Waals surface area contributed by atoms with Crippen molar-refractivity contribution in [3.8, 4) is 0 Å². The van der Waals surface area contributed by atoms with E-state index in [1.807, 2.05) is 0 Å². The first-order valence-corrected chi connectivity index (χ1v) is 8.21. The topological polar surface area (TPSA) is 50.4 Å². The molecule has 1 amide bonds. The van der Waals surface area contributed by atoms with Gasteiger partial charge < -0.3 is 15.4 Å². The van der Waals surface area contributed by atoms with Crippen LogP contribution < -0.4 is 10.6 Å². The molecule has 130 valence electrons. The average molecular weight is 382 g/mol. The highest BCUT2D eigenvalue weighted by Crippen LogP contribution is 2.28. The molecule has 1 heterocycles. The number of hydrogen-bond donors (Lipinski definition) is 2. The Morgan fingerprint density at radius 2 is 1.91 bits per heavy atom. The third-order valence-corrected chi connectivity index (χ3v) is 4.88. The maximum atomic E-state index is 12.2. The number of piperidine rings is 1. The highest BCUT2D eigenvalue weighted by Gasteiger charge is 2.32. The lowest BCUT2D eigenvalue weighted by atomic mass is 9.79. The van der Waals surface area contributed by atoms with Crippen molar-refractivity contribution in [3.05, 3.63) is 33.8 Å². The Labute approximate surface area is 153 Å². The van der Waals surface area contributed by atoms with E-state index in [0.29, 0.717) is 28.8 Å². The van der Waals surface area contributed by atoms with Crippen LogP contribution >= 0.6 is 35.6 Å². The molecule has 4 nitrogen and oxygen atoms in total. The molecule has 0 spiro atoms. The van der Waals surface area contributed by atoms with Crippen molar-refractivity contribution in [2.45, 2.75) is 19.3 Å². The summed E-state index contributed by atoms with van der Waals surface area (Å²) in [5.74, 6) is -0.0657. The minimum Gasteiger partial charge on any atom is -0.384 e. The summed E-state index contributed by atoms with van der Waals surface area (Å²) < 4.78 is 5.35. The summed E-state index contributed by atoms with van der Waals surface area (Å²) in [6, 6.07) is 5.26. The summed E-state index contributed by atoms with van der Waals surface area (Å²) in [7, 11) is 1.70. The maximum absolute atomic E-state index is 12.2. The van der Waals surface area contributed by atoms with Gasteiger partial charge in [0.25, 0.3) is 0 Å². The molecule has 0 saturated carbocycles. The number of nitrogens with one attached hydrogen (secondary N) is 2. The summed E-state index contributed by atoms with van der Waals surface area (Å²) in [5.41, 5.74) is 0.689. The molecule has 1 aliphatic heterocycles. The molecule has 1 fully saturated rings. The van der Waals surface area contributed by atoms with Crippen LogP contribution in [0.15, 0.2) is 18.2 Å². The molecular formula is C16H23Cl3N2O2. The second-order valence-electron chi connectivity index (χ2n) is 5.84. The molecule has 0 atom stereocenters. The number of carbonyl (C=O) groups excluding carboxylic acids is 1. The fourth-order valence-corrected chi connectivity index (χ4v) is 3.38. The fraction of sp³-hybridized carbons (Fsp3) is 0.562. The molecule has 1 saturated heterocycles. The number of amides is 1. The molecule has 0 bridgehead atoms. The molecule has 1 aliphatic rings. The maximum Gasteiger partial charge on any atom is 0.224 e. The van der Waals surface area contributed by atoms with Crippen molar-refractivity contribution in [2.75, 3.05) is 33.4 Å². The molecule has 0 aliphatic carbocycles. The molecule has 0 aromatic heterocycles. The highest BCUT2D eigenvalue weighted by atomic mass is 35.5. The van der Waals surface area contributed by atoms with Gasteiger partial charge in [0.15, 0.2) is 0 Å². The minimum atomic E-state index is -0.0657. The second-order valence-corrected chi connectivity index (χ2v) is 6.65. The van der Waals surface area contributed by atoms with E-state index >= 15 is 0 Å². The molecular weight excluding hydrogens is 359 g/mol. The van der Waals surface area contributed by atoms with Crippen LogP contribution in [0.4, 0.5) is 0 Å². The van der Waals surface area contributed by atoms with Crippen molar-refractivity contribution >= 4 is 41.5 Å². The Kier molecular flexibility index (Phi) is 8.65. The van der Waals surface area contributed by atoms with Gasteiger partial charge in [-0.05, 0) is 43.6 Å². The SMILES string of the molecule is COCC1(CNC(=O)Cc2c(Cl)cccc2Cl)CCNCC1.Cl. The largest absolute Gasteiger partial charge is 0.384 e. The van der Waals surface area contributed by atoms with Crippen molar-refractivity contribution in [1.82, 2.24) is 10.6 Å². The zero-order valence-electron chi connectivity index (χ0n) is 13.2. The van der Waals surface area contributed by atoms with E-state index < -0.39 is 0 Å². The van der Waals surface area contributed by atoms with Gasteiger partial charge in [-0.1, -0.05) is 29.3 Å². The normalized spacial score (nSPS) is 16.5. The standard InChI is InChI=1S/C16H22Cl2N2O2.ClH/c1-22-11-16(5-7-19-8-6-16)10-20-15(21)9-12-13(17)3-2-4-14(12)18;/h2-4,19H,5-11H2,1H3,(H,20,21);1H. The minimum absolute atomic E-state index is 0. The van der Waals surface area contributed by atoms with E-state index in [9.17, 15) is 4.79 Å². The predicted octanol–water partition coefficient (Wildman–Crippen LogP) is 3.09. The first-order chi connectivity index (χ1) is 10.6. The summed E-state index contributed by atoms with van der Waals surface area (Å²) in [5, 5.41) is 7.40. The van der Waals surface area contributed by atoms with Crippen LogP contribution in [0.5, 0.6) is 0 Å². The monoisotopic (exact) mass is 380 g/mol. The third kappa shape index (κ3) is 5.80. The summed E-state index contributed by atoms with van der Waals surface area (Å²) >= 11 is 12.2. The second kappa shape index (κ2) is 9.70. The lowest BCUT2D eigenvalue weighted by Gasteiger charge is -2.37. The van der Waals surface area contributed by atoms with Gasteiger partial charge in [-0.2, -0.15) is 0 Å². The van der Waals surface area contributed by atoms with E-state index in [-0.39, 0.29) is 30.2 Å². The molecule has 2 N–H and O–H groups in total. The highest BCUT2D eigenvalue weighted by molar-refractivity contribution is 6.36. The Bertz CT molecular complexity index is 494. The fourth-order valence-electron chi connectivity index (χ4n) is 2.85. The van der Waals surface area contributed by atoms with Gasteiger partial charge in [0.05, 0.1) is 13.0 Å². The molecule has 2 rings (SSSR count). The predicted molar refractivity (Wildman–Crippen MR) is 96.8 cm³/mol. The van der Waals surface area contributed by atoms with Crippen LogP contribution in [-0.2, 0) is 16.0 Å². The van der Waals surface area contributed by atoms with Gasteiger partial charge in [-0.25, -0.2) is 0 Å². The van der Waals surface area contributed by atoms with Crippen molar-refractivity contribution in [2.24, 2.45) is 5.41 Å². The molecule has 7 heteroatoms. The van der Waals surface area contributed by atoms with Crippen molar-refractivity contribution in [3.63, 3.8) is 0 Å². The van der Waals surface area contributed by atoms with E-state index in [2.05, 4.69) is 10.6 Å². The Hall–Kier alpha value is -0.520. The number of ether oxygens (including phenoxy) is 1. The Morgan fingerprint density at radius 3 is 2.48 bits per heavy atom. The zero-order chi connectivity index (χ0) is 16.0. The first kappa shape index (κ1) is 20.5. The van der Waals surface area contributed by atoms with E-state index in [1.165, 1.54) is 0 Å². The summed E-state index contributed by atoms with van der Waals surface area (Å²) in [6.07, 6.45) is 2.18. The van der Waals surface area contributed by atoms with Gasteiger partial charge >= 0.3 is 0 Å². The van der Waals surface area contributed by atoms with Crippen molar-refractivity contribution in [1.29, 1.82) is 0 Å². The number of carbonyl (C=O) groups is 1. The van der Waals surface area contributed by atoms with E-state index in [4.69, 9.17) is 27.9 Å². The third-order valence-electron chi connectivity index (χ3n) is 4.17. The van der Waals surface area contributed by atoms with Crippen LogP contribution in [0.3, 0.4) is 0 Å². The zero-order valence-corrected chi connectivity index (χ0v) is 15.5. The Balaban J connectivity index is 0.00000264. The van der Waals surface area contributed by atoms with Gasteiger partial charge in [0.2, 0.25) is 5.91 Å². The van der Waals surface area contributed by atoms with E-state index in [1.54, 1.807) is 25.3 Å². The van der Waals surface area contributed by atoms with Gasteiger partial charge in [0.1, 0.15) is 0 Å². The molecule has 0 unspecified atom stereocenters. The lowest BCUT2D eigenvalue weighted by Crippen LogP contribution is -2.47. The number of methoxy groups -OCH3 is 1.